The number of esters is 1. The number of carbonyl (C=O) groups is 3. The number of rotatable bonds is 17. The maximum Gasteiger partial charge on any atom is 0.333 e. The number of Topliss-reactive ketones (excluding diaryl/α,β-unsaturated/α-hetero) is 2. The summed E-state index contributed by atoms with van der Waals surface area (Å²) in [6.07, 6.45) is 13.8. The van der Waals surface area contributed by atoms with E-state index in [1.165, 1.54) is 5.57 Å². The molecule has 1 aromatic carbocycles. The van der Waals surface area contributed by atoms with E-state index in [0.29, 0.717) is 29.7 Å². The summed E-state index contributed by atoms with van der Waals surface area (Å²) in [6, 6.07) is 0. The first-order valence-electron chi connectivity index (χ1n) is 20.2. The van der Waals surface area contributed by atoms with Gasteiger partial charge in [0, 0.05) is 40.5 Å². The third-order valence-electron chi connectivity index (χ3n) is 12.2. The van der Waals surface area contributed by atoms with Gasteiger partial charge in [0.2, 0.25) is 0 Å². The highest BCUT2D eigenvalue weighted by molar-refractivity contribution is 6.18. The number of nitrogens with zero attached hydrogens (tertiary/aromatic N) is 1. The molecule has 1 spiro atoms. The van der Waals surface area contributed by atoms with Crippen molar-refractivity contribution in [3.63, 3.8) is 0 Å². The molecule has 5 aliphatic rings. The fourth-order valence-electron chi connectivity index (χ4n) is 9.05. The minimum atomic E-state index is -1.63. The van der Waals surface area contributed by atoms with Crippen LogP contribution in [0.1, 0.15) is 129 Å². The number of phenolic OH excluding ortho intramolecular Hbond substituents is 2. The molecule has 2 N–H and O–H groups in total. The Morgan fingerprint density at radius 1 is 0.927 bits per heavy atom. The minimum Gasteiger partial charge on any atom is -0.507 e. The maximum atomic E-state index is 14.9. The van der Waals surface area contributed by atoms with Gasteiger partial charge in [0.05, 0.1) is 12.2 Å². The topological polar surface area (TPSA) is 123 Å². The van der Waals surface area contributed by atoms with Crippen molar-refractivity contribution in [3.05, 3.63) is 74.9 Å². The van der Waals surface area contributed by atoms with Gasteiger partial charge in [0.25, 0.3) is 0 Å². The van der Waals surface area contributed by atoms with Crippen molar-refractivity contribution in [3.8, 4) is 17.2 Å². The summed E-state index contributed by atoms with van der Waals surface area (Å²) >= 11 is 0. The average molecular weight is 758 g/mol. The summed E-state index contributed by atoms with van der Waals surface area (Å²) in [5, 5.41) is 23.8. The van der Waals surface area contributed by atoms with E-state index in [1.807, 2.05) is 46.8 Å². The SMILES string of the molecule is CCN(CC)CCCCOC(=O)/C(C)=C/CC12OC(C)(C)C3CC(C=C4C(=O)c5c(O)c(C/C=C(\C)CCC=C(C)C)c(O)c(CC=C(C)C)c5OC431)C2=O. The number of benzene rings is 1. The van der Waals surface area contributed by atoms with Crippen molar-refractivity contribution in [2.45, 2.75) is 137 Å². The number of aromatic hydroxyl groups is 2. The minimum absolute atomic E-state index is 0.000995. The van der Waals surface area contributed by atoms with Gasteiger partial charge in [-0.15, -0.1) is 0 Å². The van der Waals surface area contributed by atoms with Crippen LogP contribution in [0.25, 0.3) is 0 Å². The maximum absolute atomic E-state index is 14.9. The molecule has 4 unspecified atom stereocenters. The zero-order chi connectivity index (χ0) is 40.5. The van der Waals surface area contributed by atoms with Crippen molar-refractivity contribution in [1.82, 2.24) is 4.90 Å². The fraction of sp³-hybridized carbons (Fsp3) is 0.587. The monoisotopic (exact) mass is 757 g/mol. The zero-order valence-electron chi connectivity index (χ0n) is 34.8. The molecule has 9 heteroatoms. The van der Waals surface area contributed by atoms with Crippen molar-refractivity contribution in [2.24, 2.45) is 11.8 Å². The second kappa shape index (κ2) is 16.6. The molecule has 1 saturated heterocycles. The Morgan fingerprint density at radius 2 is 1.60 bits per heavy atom. The molecular weight excluding hydrogens is 695 g/mol. The number of ether oxygens (including phenoxy) is 3. The molecule has 300 valence electrons. The number of fused-ring (bicyclic) bond motifs is 1. The number of hydrogen-bond acceptors (Lipinski definition) is 9. The second-order valence-electron chi connectivity index (χ2n) is 16.9. The van der Waals surface area contributed by atoms with Crippen LogP contribution in [-0.4, -0.2) is 75.7 Å². The largest absolute Gasteiger partial charge is 0.507 e. The zero-order valence-corrected chi connectivity index (χ0v) is 34.8. The van der Waals surface area contributed by atoms with Gasteiger partial charge in [0.15, 0.2) is 22.8 Å². The van der Waals surface area contributed by atoms with Crippen molar-refractivity contribution in [1.29, 1.82) is 0 Å². The Morgan fingerprint density at radius 3 is 2.25 bits per heavy atom. The molecule has 6 rings (SSSR count). The number of carbonyl (C=O) groups excluding carboxylic acids is 3. The highest BCUT2D eigenvalue weighted by atomic mass is 16.6. The van der Waals surface area contributed by atoms with Crippen molar-refractivity contribution < 1.29 is 38.8 Å². The van der Waals surface area contributed by atoms with E-state index in [9.17, 15) is 24.6 Å². The van der Waals surface area contributed by atoms with Gasteiger partial charge in [-0.25, -0.2) is 4.79 Å². The molecule has 1 aromatic rings. The molecule has 2 aliphatic heterocycles. The number of allylic oxidation sites excluding steroid dienone is 7. The molecule has 9 nitrogen and oxygen atoms in total. The molecule has 4 atom stereocenters. The smallest absolute Gasteiger partial charge is 0.333 e. The Kier molecular flexibility index (Phi) is 12.8. The van der Waals surface area contributed by atoms with E-state index < -0.39 is 40.4 Å². The molecule has 0 radical (unpaired) electrons. The van der Waals surface area contributed by atoms with Crippen LogP contribution in [0.15, 0.2) is 58.2 Å². The van der Waals surface area contributed by atoms with E-state index in [4.69, 9.17) is 14.2 Å². The standard InChI is InChI=1S/C46H63NO8/c1-11-47(12-2)24-13-14-25-53-43(52)31(8)22-23-45-42(51)32-26-35-40(50)37-39(49)33(21-19-30(7)17-15-16-28(3)4)38(48)34(20-18-29(5)6)41(37)54-46(35,45)36(27-32)44(9,10)55-45/h16,18-19,22,26,32,36,48-49H,11-15,17,20-21,23-25,27H2,1-10H3/b30-19+,31-22+. The van der Waals surface area contributed by atoms with Crippen LogP contribution in [0.2, 0.25) is 0 Å². The van der Waals surface area contributed by atoms with Crippen LogP contribution in [0, 0.1) is 11.8 Å². The number of phenols is 2. The molecule has 0 amide bonds. The van der Waals surface area contributed by atoms with E-state index in [0.717, 1.165) is 56.5 Å². The number of ketones is 2. The summed E-state index contributed by atoms with van der Waals surface area (Å²) < 4.78 is 19.6. The normalized spacial score (nSPS) is 25.0. The first-order chi connectivity index (χ1) is 25.9. The molecule has 2 heterocycles. The van der Waals surface area contributed by atoms with Gasteiger partial charge in [-0.05, 0) is 120 Å². The van der Waals surface area contributed by atoms with E-state index in [2.05, 4.69) is 38.7 Å². The Bertz CT molecular complexity index is 1850. The lowest BCUT2D eigenvalue weighted by Crippen LogP contribution is -2.72. The molecular formula is C46H63NO8. The Hall–Kier alpha value is -3.95. The van der Waals surface area contributed by atoms with Gasteiger partial charge in [-0.2, -0.15) is 0 Å². The molecule has 2 fully saturated rings. The third-order valence-corrected chi connectivity index (χ3v) is 12.2. The van der Waals surface area contributed by atoms with Gasteiger partial charge in [-0.3, -0.25) is 9.59 Å². The highest BCUT2D eigenvalue weighted by Crippen LogP contribution is 2.68. The van der Waals surface area contributed by atoms with Crippen molar-refractivity contribution in [2.75, 3.05) is 26.2 Å². The molecule has 1 saturated carbocycles. The fourth-order valence-corrected chi connectivity index (χ4v) is 9.05. The first kappa shape index (κ1) is 42.2. The predicted molar refractivity (Wildman–Crippen MR) is 216 cm³/mol. The van der Waals surface area contributed by atoms with Crippen LogP contribution in [0.5, 0.6) is 17.2 Å². The second-order valence-corrected chi connectivity index (χ2v) is 16.9. The lowest BCUT2D eigenvalue weighted by Gasteiger charge is -2.56. The molecule has 0 aromatic heterocycles. The van der Waals surface area contributed by atoms with Crippen LogP contribution < -0.4 is 4.74 Å². The lowest BCUT2D eigenvalue weighted by molar-refractivity contribution is -0.171. The Labute approximate surface area is 328 Å². The van der Waals surface area contributed by atoms with Crippen LogP contribution in [0.3, 0.4) is 0 Å². The average Bonchev–Trinajstić information content (AvgIpc) is 3.28. The van der Waals surface area contributed by atoms with Gasteiger partial charge >= 0.3 is 5.97 Å². The van der Waals surface area contributed by atoms with E-state index in [1.54, 1.807) is 19.1 Å². The van der Waals surface area contributed by atoms with Gasteiger partial charge in [-0.1, -0.05) is 60.9 Å². The summed E-state index contributed by atoms with van der Waals surface area (Å²) in [5.41, 5.74) is 0.583. The van der Waals surface area contributed by atoms with Crippen molar-refractivity contribution >= 4 is 17.5 Å². The summed E-state index contributed by atoms with van der Waals surface area (Å²) in [5.74, 6) is -2.46. The lowest BCUT2D eigenvalue weighted by atomic mass is 9.51. The highest BCUT2D eigenvalue weighted by Gasteiger charge is 2.81. The Balaban J connectivity index is 1.54. The first-order valence-corrected chi connectivity index (χ1v) is 20.2. The van der Waals surface area contributed by atoms with Crippen LogP contribution in [-0.2, 0) is 31.9 Å². The van der Waals surface area contributed by atoms with Gasteiger partial charge in [0.1, 0.15) is 22.8 Å². The third kappa shape index (κ3) is 7.76. The molecule has 4 bridgehead atoms. The summed E-state index contributed by atoms with van der Waals surface area (Å²) in [7, 11) is 0. The quantitative estimate of drug-likeness (QED) is 0.0695. The number of hydrogen-bond donors (Lipinski definition) is 2. The van der Waals surface area contributed by atoms with Crippen LogP contribution in [0.4, 0.5) is 0 Å². The van der Waals surface area contributed by atoms with E-state index >= 15 is 0 Å². The molecule has 55 heavy (non-hydrogen) atoms. The number of unbranched alkanes of at least 4 members (excludes halogenated alkanes) is 1. The molecule has 3 aliphatic carbocycles. The predicted octanol–water partition coefficient (Wildman–Crippen LogP) is 8.85. The summed E-state index contributed by atoms with van der Waals surface area (Å²) in [4.78, 5) is 45.0. The summed E-state index contributed by atoms with van der Waals surface area (Å²) in [6.45, 7) is 23.0. The van der Waals surface area contributed by atoms with E-state index in [-0.39, 0.29) is 53.4 Å². The van der Waals surface area contributed by atoms with Crippen LogP contribution >= 0.6 is 0 Å². The van der Waals surface area contributed by atoms with Gasteiger partial charge < -0.3 is 29.3 Å².